The van der Waals surface area contributed by atoms with Crippen LogP contribution in [-0.4, -0.2) is 41.4 Å². The van der Waals surface area contributed by atoms with Crippen molar-refractivity contribution >= 4 is 33.2 Å². The lowest BCUT2D eigenvalue weighted by atomic mass is 10.2. The predicted octanol–water partition coefficient (Wildman–Crippen LogP) is 3.23. The number of hydrogen-bond acceptors (Lipinski definition) is 7. The third kappa shape index (κ3) is 6.08. The van der Waals surface area contributed by atoms with Crippen LogP contribution in [0, 0.1) is 6.92 Å². The Hall–Kier alpha value is -2.85. The Kier molecular flexibility index (Phi) is 7.34. The highest BCUT2D eigenvalue weighted by Crippen LogP contribution is 2.21. The second kappa shape index (κ2) is 9.97. The lowest BCUT2D eigenvalue weighted by molar-refractivity contribution is -0.113. The molecule has 0 spiro atoms. The predicted molar refractivity (Wildman–Crippen MR) is 120 cm³/mol. The van der Waals surface area contributed by atoms with Gasteiger partial charge in [-0.2, -0.15) is 0 Å². The maximum absolute atomic E-state index is 12.6. The topological polar surface area (TPSA) is 103 Å². The van der Waals surface area contributed by atoms with Crippen LogP contribution in [-0.2, 0) is 27.4 Å². The van der Waals surface area contributed by atoms with Crippen molar-refractivity contribution in [3.05, 3.63) is 59.9 Å². The molecule has 1 heterocycles. The fraction of sp³-hybridized carbons (Fsp3) is 0.286. The zero-order valence-electron chi connectivity index (χ0n) is 17.5. The molecule has 3 aromatic rings. The molecule has 10 heteroatoms. The molecule has 1 aromatic heterocycles. The van der Waals surface area contributed by atoms with E-state index >= 15 is 0 Å². The van der Waals surface area contributed by atoms with Crippen LogP contribution < -0.4 is 10.1 Å². The minimum Gasteiger partial charge on any atom is -0.494 e. The van der Waals surface area contributed by atoms with Crippen molar-refractivity contribution in [1.29, 1.82) is 0 Å². The highest BCUT2D eigenvalue weighted by molar-refractivity contribution is 7.99. The number of thioether (sulfide) groups is 1. The second-order valence-corrected chi connectivity index (χ2v) is 9.76. The fourth-order valence-corrected chi connectivity index (χ4v) is 4.76. The fourth-order valence-electron chi connectivity index (χ4n) is 2.72. The Bertz CT molecular complexity index is 1140. The highest BCUT2D eigenvalue weighted by Gasteiger charge is 2.20. The van der Waals surface area contributed by atoms with Gasteiger partial charge in [-0.05, 0) is 50.2 Å². The molecule has 2 aromatic carbocycles. The van der Waals surface area contributed by atoms with Crippen LogP contribution in [0.4, 0.5) is 5.69 Å². The van der Waals surface area contributed by atoms with E-state index in [1.54, 1.807) is 60.1 Å². The first kappa shape index (κ1) is 22.8. The van der Waals surface area contributed by atoms with Crippen molar-refractivity contribution in [2.75, 3.05) is 17.7 Å². The third-order valence-electron chi connectivity index (χ3n) is 4.41. The smallest absolute Gasteiger partial charge is 0.234 e. The van der Waals surface area contributed by atoms with Gasteiger partial charge >= 0.3 is 0 Å². The summed E-state index contributed by atoms with van der Waals surface area (Å²) in [6, 6.07) is 13.8. The van der Waals surface area contributed by atoms with Crippen LogP contribution in [0.5, 0.6) is 5.75 Å². The number of benzene rings is 2. The van der Waals surface area contributed by atoms with Gasteiger partial charge < -0.3 is 14.6 Å². The lowest BCUT2D eigenvalue weighted by Gasteiger charge is -2.07. The maximum Gasteiger partial charge on any atom is 0.234 e. The first-order valence-corrected chi connectivity index (χ1v) is 12.3. The van der Waals surface area contributed by atoms with Gasteiger partial charge in [0.25, 0.3) is 0 Å². The lowest BCUT2D eigenvalue weighted by Crippen LogP contribution is -2.14. The molecule has 0 aliphatic carbocycles. The molecule has 0 radical (unpaired) electrons. The molecule has 0 aliphatic heterocycles. The van der Waals surface area contributed by atoms with Gasteiger partial charge in [0.2, 0.25) is 5.91 Å². The first-order valence-electron chi connectivity index (χ1n) is 9.61. The summed E-state index contributed by atoms with van der Waals surface area (Å²) >= 11 is 1.19. The Labute approximate surface area is 186 Å². The van der Waals surface area contributed by atoms with Crippen molar-refractivity contribution in [3.8, 4) is 5.75 Å². The van der Waals surface area contributed by atoms with Gasteiger partial charge in [-0.15, -0.1) is 10.2 Å². The molecule has 1 N–H and O–H groups in total. The molecule has 1 amide bonds. The number of sulfone groups is 1. The van der Waals surface area contributed by atoms with Crippen LogP contribution in [0.3, 0.4) is 0 Å². The van der Waals surface area contributed by atoms with Crippen LogP contribution in [0.2, 0.25) is 0 Å². The molecule has 31 heavy (non-hydrogen) atoms. The van der Waals surface area contributed by atoms with Gasteiger partial charge in [-0.3, -0.25) is 4.79 Å². The van der Waals surface area contributed by atoms with Crippen molar-refractivity contribution in [1.82, 2.24) is 14.8 Å². The summed E-state index contributed by atoms with van der Waals surface area (Å²) in [7, 11) is -1.85. The molecular weight excluding hydrogens is 436 g/mol. The van der Waals surface area contributed by atoms with Crippen LogP contribution in [0.15, 0.2) is 58.6 Å². The minimum absolute atomic E-state index is 0.115. The molecule has 0 saturated heterocycles. The normalized spacial score (nSPS) is 11.3. The van der Waals surface area contributed by atoms with Gasteiger partial charge in [-0.1, -0.05) is 29.5 Å². The number of carbonyl (C=O) groups is 1. The van der Waals surface area contributed by atoms with Gasteiger partial charge in [-0.25, -0.2) is 8.42 Å². The van der Waals surface area contributed by atoms with Crippen LogP contribution in [0.1, 0.15) is 18.3 Å². The summed E-state index contributed by atoms with van der Waals surface area (Å²) in [4.78, 5) is 12.5. The number of carbonyl (C=O) groups excluding carboxylic acids is 1. The van der Waals surface area contributed by atoms with Gasteiger partial charge in [0.05, 0.1) is 17.3 Å². The molecule has 0 atom stereocenters. The first-order chi connectivity index (χ1) is 14.8. The van der Waals surface area contributed by atoms with E-state index in [0.717, 1.165) is 11.3 Å². The summed E-state index contributed by atoms with van der Waals surface area (Å²) in [5, 5.41) is 11.3. The molecule has 0 unspecified atom stereocenters. The maximum atomic E-state index is 12.6. The van der Waals surface area contributed by atoms with Crippen LogP contribution >= 0.6 is 11.8 Å². The summed E-state index contributed by atoms with van der Waals surface area (Å²) in [6.45, 7) is 4.38. The van der Waals surface area contributed by atoms with E-state index in [-0.39, 0.29) is 22.3 Å². The second-order valence-electron chi connectivity index (χ2n) is 6.82. The summed E-state index contributed by atoms with van der Waals surface area (Å²) in [5.74, 6) is 0.700. The Morgan fingerprint density at radius 3 is 2.42 bits per heavy atom. The number of aromatic nitrogens is 3. The Balaban J connectivity index is 1.58. The molecular formula is C21H24N4O4S2. The van der Waals surface area contributed by atoms with Gasteiger partial charge in [0.15, 0.2) is 15.0 Å². The molecule has 164 valence electrons. The highest BCUT2D eigenvalue weighted by atomic mass is 32.2. The van der Waals surface area contributed by atoms with Crippen molar-refractivity contribution in [2.45, 2.75) is 29.7 Å². The molecule has 0 bridgehead atoms. The average molecular weight is 461 g/mol. The monoisotopic (exact) mass is 460 g/mol. The average Bonchev–Trinajstić information content (AvgIpc) is 3.07. The van der Waals surface area contributed by atoms with Crippen molar-refractivity contribution < 1.29 is 17.9 Å². The van der Waals surface area contributed by atoms with Crippen molar-refractivity contribution in [2.24, 2.45) is 7.05 Å². The van der Waals surface area contributed by atoms with E-state index in [1.165, 1.54) is 11.8 Å². The number of nitrogens with zero attached hydrogens (tertiary/aromatic N) is 3. The van der Waals surface area contributed by atoms with Crippen LogP contribution in [0.25, 0.3) is 0 Å². The number of amides is 1. The van der Waals surface area contributed by atoms with E-state index in [2.05, 4.69) is 15.5 Å². The SMILES string of the molecule is CCOc1ccc(NC(=O)CSc2nnc(CS(=O)(=O)c3ccc(C)cc3)n2C)cc1. The number of aryl methyl sites for hydroxylation is 1. The summed E-state index contributed by atoms with van der Waals surface area (Å²) in [5.41, 5.74) is 1.65. The Morgan fingerprint density at radius 1 is 1.10 bits per heavy atom. The number of rotatable bonds is 9. The molecule has 0 saturated carbocycles. The molecule has 0 aliphatic rings. The van der Waals surface area contributed by atoms with Gasteiger partial charge in [0.1, 0.15) is 17.3 Å². The van der Waals surface area contributed by atoms with E-state index in [1.807, 2.05) is 13.8 Å². The summed E-state index contributed by atoms with van der Waals surface area (Å²) in [6.07, 6.45) is 0. The standard InChI is InChI=1S/C21H24N4O4S2/c1-4-29-17-9-7-16(8-10-17)22-20(26)13-30-21-24-23-19(25(21)3)14-31(27,28)18-11-5-15(2)6-12-18/h5-12H,4,13-14H2,1-3H3,(H,22,26). The number of anilines is 1. The van der Waals surface area contributed by atoms with E-state index < -0.39 is 9.84 Å². The largest absolute Gasteiger partial charge is 0.494 e. The molecule has 0 fully saturated rings. The quantitative estimate of drug-likeness (QED) is 0.489. The third-order valence-corrected chi connectivity index (χ3v) is 7.05. The molecule has 8 nitrogen and oxygen atoms in total. The number of ether oxygens (including phenoxy) is 1. The number of hydrogen-bond donors (Lipinski definition) is 1. The van der Waals surface area contributed by atoms with E-state index in [4.69, 9.17) is 4.74 Å². The minimum atomic E-state index is -3.54. The Morgan fingerprint density at radius 2 is 1.77 bits per heavy atom. The van der Waals surface area contributed by atoms with E-state index in [0.29, 0.717) is 23.3 Å². The summed E-state index contributed by atoms with van der Waals surface area (Å²) < 4.78 is 32.3. The molecule has 3 rings (SSSR count). The van der Waals surface area contributed by atoms with Crippen molar-refractivity contribution in [3.63, 3.8) is 0 Å². The van der Waals surface area contributed by atoms with Gasteiger partial charge in [0, 0.05) is 12.7 Å². The van der Waals surface area contributed by atoms with E-state index in [9.17, 15) is 13.2 Å². The number of nitrogens with one attached hydrogen (secondary N) is 1. The zero-order valence-corrected chi connectivity index (χ0v) is 19.2. The zero-order chi connectivity index (χ0) is 22.4.